The van der Waals surface area contributed by atoms with E-state index in [1.54, 1.807) is 7.11 Å². The second-order valence-corrected chi connectivity index (χ2v) is 7.77. The maximum Gasteiger partial charge on any atom is 0.171 e. The number of hydrogen-bond donors (Lipinski definition) is 2. The van der Waals surface area contributed by atoms with Gasteiger partial charge in [0.05, 0.1) is 13.2 Å². The molecule has 1 atom stereocenters. The fourth-order valence-electron chi connectivity index (χ4n) is 3.97. The van der Waals surface area contributed by atoms with Gasteiger partial charge in [-0.15, -0.1) is 0 Å². The first-order chi connectivity index (χ1) is 14.1. The molecule has 5 nitrogen and oxygen atoms in total. The van der Waals surface area contributed by atoms with Gasteiger partial charge in [0, 0.05) is 23.3 Å². The van der Waals surface area contributed by atoms with Crippen molar-refractivity contribution < 1.29 is 14.3 Å². The molecule has 0 radical (unpaired) electrons. The summed E-state index contributed by atoms with van der Waals surface area (Å²) in [7, 11) is 1.62. The van der Waals surface area contributed by atoms with Crippen LogP contribution in [0.3, 0.4) is 0 Å². The first-order valence-corrected chi connectivity index (χ1v) is 10.2. The molecule has 0 amide bonds. The van der Waals surface area contributed by atoms with Crippen molar-refractivity contribution in [2.75, 3.05) is 7.11 Å². The topological polar surface area (TPSA) is 59.6 Å². The second kappa shape index (κ2) is 8.25. The summed E-state index contributed by atoms with van der Waals surface area (Å²) in [5.41, 5.74) is 4.77. The standard InChI is InChI=1S/C23H24N2O3S/c1-14-6-3-7-15(12-14)13-28-22-16(8-4-11-19(22)27-2)21-20-17(24-23(29)25-21)9-5-10-18(20)26/h3-4,6-8,11-12,21H,5,9-10,13H2,1-2H3,(H2,24,25,29). The highest BCUT2D eigenvalue weighted by Gasteiger charge is 2.35. The molecule has 4 rings (SSSR count). The molecule has 6 heteroatoms. The summed E-state index contributed by atoms with van der Waals surface area (Å²) in [5.74, 6) is 1.40. The van der Waals surface area contributed by atoms with E-state index in [1.807, 2.05) is 30.3 Å². The van der Waals surface area contributed by atoms with Crippen LogP contribution >= 0.6 is 12.2 Å². The molecule has 2 aliphatic rings. The molecule has 0 saturated heterocycles. The van der Waals surface area contributed by atoms with Crippen molar-refractivity contribution in [1.82, 2.24) is 10.6 Å². The first-order valence-electron chi connectivity index (χ1n) is 9.76. The number of thiocarbonyl (C=S) groups is 1. The molecular formula is C23H24N2O3S. The number of aryl methyl sites for hydroxylation is 1. The molecule has 1 heterocycles. The van der Waals surface area contributed by atoms with Crippen LogP contribution in [0.15, 0.2) is 53.7 Å². The summed E-state index contributed by atoms with van der Waals surface area (Å²) in [5, 5.41) is 6.96. The summed E-state index contributed by atoms with van der Waals surface area (Å²) in [4.78, 5) is 12.7. The SMILES string of the molecule is COc1cccc(C2NC(=S)NC3=C2C(=O)CCC3)c1OCc1cccc(C)c1. The lowest BCUT2D eigenvalue weighted by Gasteiger charge is -2.34. The fraction of sp³-hybridized carbons (Fsp3) is 0.304. The number of carbonyl (C=O) groups excluding carboxylic acids is 1. The van der Waals surface area contributed by atoms with Crippen LogP contribution in [0, 0.1) is 6.92 Å². The lowest BCUT2D eigenvalue weighted by molar-refractivity contribution is -0.116. The highest BCUT2D eigenvalue weighted by molar-refractivity contribution is 7.80. The van der Waals surface area contributed by atoms with E-state index in [4.69, 9.17) is 21.7 Å². The minimum absolute atomic E-state index is 0.145. The average molecular weight is 409 g/mol. The smallest absolute Gasteiger partial charge is 0.171 e. The first kappa shape index (κ1) is 19.5. The van der Waals surface area contributed by atoms with Gasteiger partial charge in [0.2, 0.25) is 0 Å². The zero-order valence-corrected chi connectivity index (χ0v) is 17.4. The number of ether oxygens (including phenoxy) is 2. The molecule has 1 aliphatic heterocycles. The number of allylic oxidation sites excluding steroid dienone is 1. The van der Waals surface area contributed by atoms with Gasteiger partial charge in [-0.3, -0.25) is 4.79 Å². The molecule has 0 saturated carbocycles. The van der Waals surface area contributed by atoms with Crippen molar-refractivity contribution in [3.8, 4) is 11.5 Å². The Morgan fingerprint density at radius 3 is 2.79 bits per heavy atom. The molecule has 1 aliphatic carbocycles. The number of nitrogens with one attached hydrogen (secondary N) is 2. The Morgan fingerprint density at radius 1 is 1.17 bits per heavy atom. The van der Waals surface area contributed by atoms with Crippen LogP contribution in [0.4, 0.5) is 0 Å². The molecule has 150 valence electrons. The average Bonchev–Trinajstić information content (AvgIpc) is 2.71. The van der Waals surface area contributed by atoms with E-state index in [9.17, 15) is 4.79 Å². The van der Waals surface area contributed by atoms with E-state index in [2.05, 4.69) is 29.7 Å². The third-order valence-electron chi connectivity index (χ3n) is 5.29. The quantitative estimate of drug-likeness (QED) is 0.726. The molecule has 2 N–H and O–H groups in total. The van der Waals surface area contributed by atoms with Crippen molar-refractivity contribution in [3.05, 3.63) is 70.4 Å². The Kier molecular flexibility index (Phi) is 5.53. The summed E-state index contributed by atoms with van der Waals surface area (Å²) in [6.07, 6.45) is 2.21. The number of hydrogen-bond acceptors (Lipinski definition) is 4. The van der Waals surface area contributed by atoms with Gasteiger partial charge >= 0.3 is 0 Å². The molecule has 29 heavy (non-hydrogen) atoms. The summed E-state index contributed by atoms with van der Waals surface area (Å²) in [6, 6.07) is 13.6. The molecule has 1 unspecified atom stereocenters. The normalized spacial score (nSPS) is 18.6. The Bertz CT molecular complexity index is 999. The minimum atomic E-state index is -0.353. The van der Waals surface area contributed by atoms with Crippen molar-refractivity contribution in [1.29, 1.82) is 0 Å². The highest BCUT2D eigenvalue weighted by Crippen LogP contribution is 2.41. The molecule has 0 fully saturated rings. The summed E-state index contributed by atoms with van der Waals surface area (Å²) < 4.78 is 11.8. The molecular weight excluding hydrogens is 384 g/mol. The van der Waals surface area contributed by atoms with E-state index >= 15 is 0 Å². The van der Waals surface area contributed by atoms with Crippen LogP contribution in [0.5, 0.6) is 11.5 Å². The van der Waals surface area contributed by atoms with Crippen LogP contribution in [0.2, 0.25) is 0 Å². The van der Waals surface area contributed by atoms with Crippen molar-refractivity contribution in [2.24, 2.45) is 0 Å². The third kappa shape index (κ3) is 3.98. The van der Waals surface area contributed by atoms with Gasteiger partial charge in [-0.2, -0.15) is 0 Å². The molecule has 2 aromatic rings. The van der Waals surface area contributed by atoms with E-state index in [0.717, 1.165) is 35.2 Å². The van der Waals surface area contributed by atoms with E-state index in [0.29, 0.717) is 29.6 Å². The lowest BCUT2D eigenvalue weighted by atomic mass is 9.85. The van der Waals surface area contributed by atoms with Crippen molar-refractivity contribution in [2.45, 2.75) is 38.8 Å². The number of Topliss-reactive ketones (excluding diaryl/α,β-unsaturated/α-hetero) is 1. The van der Waals surface area contributed by atoms with Gasteiger partial charge < -0.3 is 20.1 Å². The van der Waals surface area contributed by atoms with Crippen molar-refractivity contribution >= 4 is 23.1 Å². The Hall–Kier alpha value is -2.86. The number of rotatable bonds is 5. The van der Waals surface area contributed by atoms with Crippen molar-refractivity contribution in [3.63, 3.8) is 0 Å². The molecule has 0 aromatic heterocycles. The Labute approximate surface area is 176 Å². The summed E-state index contributed by atoms with van der Waals surface area (Å²) in [6.45, 7) is 2.46. The van der Waals surface area contributed by atoms with Crippen LogP contribution in [-0.2, 0) is 11.4 Å². The maximum absolute atomic E-state index is 12.7. The Morgan fingerprint density at radius 2 is 2.00 bits per heavy atom. The predicted octanol–water partition coefficient (Wildman–Crippen LogP) is 4.11. The monoisotopic (exact) mass is 408 g/mol. The van der Waals surface area contributed by atoms with Crippen LogP contribution in [0.25, 0.3) is 0 Å². The van der Waals surface area contributed by atoms with Gasteiger partial charge in [-0.1, -0.05) is 42.0 Å². The molecule has 2 aromatic carbocycles. The fourth-order valence-corrected chi connectivity index (χ4v) is 4.21. The lowest BCUT2D eigenvalue weighted by Crippen LogP contribution is -2.46. The number of methoxy groups -OCH3 is 1. The largest absolute Gasteiger partial charge is 0.493 e. The highest BCUT2D eigenvalue weighted by atomic mass is 32.1. The van der Waals surface area contributed by atoms with Gasteiger partial charge in [0.15, 0.2) is 22.4 Å². The van der Waals surface area contributed by atoms with Crippen LogP contribution in [-0.4, -0.2) is 18.0 Å². The van der Waals surface area contributed by atoms with Gasteiger partial charge in [-0.25, -0.2) is 0 Å². The van der Waals surface area contributed by atoms with Crippen LogP contribution in [0.1, 0.15) is 42.0 Å². The summed E-state index contributed by atoms with van der Waals surface area (Å²) >= 11 is 5.41. The molecule has 0 bridgehead atoms. The van der Waals surface area contributed by atoms with E-state index in [-0.39, 0.29) is 11.8 Å². The second-order valence-electron chi connectivity index (χ2n) is 7.36. The Balaban J connectivity index is 1.73. The molecule has 0 spiro atoms. The van der Waals surface area contributed by atoms with E-state index in [1.165, 1.54) is 5.56 Å². The van der Waals surface area contributed by atoms with E-state index < -0.39 is 0 Å². The number of carbonyl (C=O) groups is 1. The maximum atomic E-state index is 12.7. The van der Waals surface area contributed by atoms with Gasteiger partial charge in [0.1, 0.15) is 6.61 Å². The zero-order chi connectivity index (χ0) is 20.4. The predicted molar refractivity (Wildman–Crippen MR) is 116 cm³/mol. The van der Waals surface area contributed by atoms with Crippen LogP contribution < -0.4 is 20.1 Å². The third-order valence-corrected chi connectivity index (χ3v) is 5.51. The number of benzene rings is 2. The number of para-hydroxylation sites is 1. The zero-order valence-electron chi connectivity index (χ0n) is 16.6. The number of ketones is 1. The minimum Gasteiger partial charge on any atom is -0.493 e. The van der Waals surface area contributed by atoms with Gasteiger partial charge in [-0.05, 0) is 43.6 Å². The van der Waals surface area contributed by atoms with Gasteiger partial charge in [0.25, 0.3) is 0 Å².